The molecule has 0 fully saturated rings. The maximum Gasteiger partial charge on any atom is 0.162 e. The van der Waals surface area contributed by atoms with Crippen LogP contribution in [0.25, 0.3) is 0 Å². The Morgan fingerprint density at radius 2 is 2.40 bits per heavy atom. The molecular formula is C14H20N4OS. The van der Waals surface area contributed by atoms with Crippen LogP contribution in [0.2, 0.25) is 0 Å². The Morgan fingerprint density at radius 1 is 1.55 bits per heavy atom. The Kier molecular flexibility index (Phi) is 3.78. The number of hydrogen-bond donors (Lipinski definition) is 2. The van der Waals surface area contributed by atoms with Gasteiger partial charge in [0.1, 0.15) is 11.7 Å². The van der Waals surface area contributed by atoms with Crippen molar-refractivity contribution in [3.8, 4) is 5.75 Å². The largest absolute Gasteiger partial charge is 0.493 e. The minimum absolute atomic E-state index is 0.0667. The number of fused-ring (bicyclic) bond motifs is 1. The van der Waals surface area contributed by atoms with Crippen LogP contribution in [0.3, 0.4) is 0 Å². The zero-order chi connectivity index (χ0) is 14.1. The molecule has 0 radical (unpaired) electrons. The average molecular weight is 292 g/mol. The fourth-order valence-corrected chi connectivity index (χ4v) is 4.19. The van der Waals surface area contributed by atoms with Gasteiger partial charge in [-0.05, 0) is 37.8 Å². The Morgan fingerprint density at radius 3 is 3.05 bits per heavy atom. The predicted molar refractivity (Wildman–Crippen MR) is 80.0 cm³/mol. The molecule has 20 heavy (non-hydrogen) atoms. The molecule has 0 spiro atoms. The second-order valence-electron chi connectivity index (χ2n) is 4.96. The molecular weight excluding hydrogens is 272 g/mol. The van der Waals surface area contributed by atoms with Crippen molar-refractivity contribution < 1.29 is 4.74 Å². The van der Waals surface area contributed by atoms with E-state index in [4.69, 9.17) is 10.6 Å². The first-order valence-corrected chi connectivity index (χ1v) is 7.77. The van der Waals surface area contributed by atoms with Crippen molar-refractivity contribution in [2.75, 3.05) is 7.11 Å². The summed E-state index contributed by atoms with van der Waals surface area (Å²) in [6.07, 6.45) is 5.41. The zero-order valence-electron chi connectivity index (χ0n) is 11.8. The van der Waals surface area contributed by atoms with Gasteiger partial charge >= 0.3 is 0 Å². The molecule has 5 nitrogen and oxygen atoms in total. The third-order valence-electron chi connectivity index (χ3n) is 3.85. The summed E-state index contributed by atoms with van der Waals surface area (Å²) in [5, 5.41) is 4.36. The van der Waals surface area contributed by atoms with E-state index in [9.17, 15) is 0 Å². The fourth-order valence-electron chi connectivity index (χ4n) is 2.87. The van der Waals surface area contributed by atoms with Gasteiger partial charge in [-0.2, -0.15) is 5.10 Å². The van der Waals surface area contributed by atoms with E-state index in [0.29, 0.717) is 0 Å². The first-order chi connectivity index (χ1) is 9.78. The number of ether oxygens (including phenoxy) is 1. The lowest BCUT2D eigenvalue weighted by Gasteiger charge is -2.17. The molecule has 1 aliphatic carbocycles. The number of rotatable bonds is 5. The standard InChI is InChI=1S/C14H20N4OS/c1-3-18-14(10(19-2)8-16-18)13(17-15)12-7-9-5-4-6-11(9)20-12/h7-8,13,17H,3-6,15H2,1-2H3. The van der Waals surface area contributed by atoms with Crippen LogP contribution >= 0.6 is 11.3 Å². The summed E-state index contributed by atoms with van der Waals surface area (Å²) < 4.78 is 7.37. The Hall–Kier alpha value is -1.37. The molecule has 0 amide bonds. The lowest BCUT2D eigenvalue weighted by Crippen LogP contribution is -2.30. The number of nitrogens with one attached hydrogen (secondary N) is 1. The highest BCUT2D eigenvalue weighted by atomic mass is 32.1. The third kappa shape index (κ3) is 2.13. The summed E-state index contributed by atoms with van der Waals surface area (Å²) in [4.78, 5) is 2.74. The van der Waals surface area contributed by atoms with Crippen molar-refractivity contribution in [2.45, 2.75) is 38.8 Å². The van der Waals surface area contributed by atoms with E-state index in [0.717, 1.165) is 18.0 Å². The molecule has 3 rings (SSSR count). The maximum atomic E-state index is 5.82. The summed E-state index contributed by atoms with van der Waals surface area (Å²) in [6, 6.07) is 2.22. The Labute approximate surface area is 122 Å². The van der Waals surface area contributed by atoms with Crippen LogP contribution in [-0.4, -0.2) is 16.9 Å². The van der Waals surface area contributed by atoms with Crippen LogP contribution in [0.1, 0.15) is 40.4 Å². The molecule has 0 saturated carbocycles. The molecule has 0 bridgehead atoms. The fraction of sp³-hybridized carbons (Fsp3) is 0.500. The molecule has 2 aromatic heterocycles. The smallest absolute Gasteiger partial charge is 0.162 e. The van der Waals surface area contributed by atoms with Crippen LogP contribution in [0.5, 0.6) is 5.75 Å². The van der Waals surface area contributed by atoms with Crippen molar-refractivity contribution in [3.63, 3.8) is 0 Å². The number of hydrogen-bond acceptors (Lipinski definition) is 5. The lowest BCUT2D eigenvalue weighted by atomic mass is 10.1. The number of methoxy groups -OCH3 is 1. The summed E-state index contributed by atoms with van der Waals surface area (Å²) >= 11 is 1.85. The third-order valence-corrected chi connectivity index (χ3v) is 5.16. The van der Waals surface area contributed by atoms with Gasteiger partial charge < -0.3 is 4.74 Å². The minimum atomic E-state index is -0.0667. The van der Waals surface area contributed by atoms with Gasteiger partial charge in [-0.1, -0.05) is 0 Å². The van der Waals surface area contributed by atoms with Crippen molar-refractivity contribution in [3.05, 3.63) is 33.3 Å². The molecule has 2 aromatic rings. The van der Waals surface area contributed by atoms with Crippen LogP contribution in [-0.2, 0) is 19.4 Å². The molecule has 2 heterocycles. The van der Waals surface area contributed by atoms with E-state index in [2.05, 4.69) is 23.5 Å². The van der Waals surface area contributed by atoms with Crippen LogP contribution < -0.4 is 16.0 Å². The maximum absolute atomic E-state index is 5.82. The number of nitrogens with two attached hydrogens (primary N) is 1. The zero-order valence-corrected chi connectivity index (χ0v) is 12.7. The first-order valence-electron chi connectivity index (χ1n) is 6.95. The van der Waals surface area contributed by atoms with Gasteiger partial charge in [0.2, 0.25) is 0 Å². The molecule has 0 aliphatic heterocycles. The SMILES string of the molecule is CCn1ncc(OC)c1C(NN)c1cc2c(s1)CCC2. The topological polar surface area (TPSA) is 65.1 Å². The lowest BCUT2D eigenvalue weighted by molar-refractivity contribution is 0.400. The quantitative estimate of drug-likeness (QED) is 0.653. The Bertz CT molecular complexity index is 561. The van der Waals surface area contributed by atoms with Gasteiger partial charge in [-0.15, -0.1) is 11.3 Å². The van der Waals surface area contributed by atoms with Gasteiger partial charge in [0.15, 0.2) is 5.75 Å². The van der Waals surface area contributed by atoms with E-state index in [1.807, 2.05) is 16.0 Å². The van der Waals surface area contributed by atoms with E-state index in [1.54, 1.807) is 13.3 Å². The monoisotopic (exact) mass is 292 g/mol. The van der Waals surface area contributed by atoms with Gasteiger partial charge in [-0.3, -0.25) is 10.5 Å². The van der Waals surface area contributed by atoms with Gasteiger partial charge in [0, 0.05) is 16.3 Å². The summed E-state index contributed by atoms with van der Waals surface area (Å²) in [5.74, 6) is 6.60. The molecule has 108 valence electrons. The molecule has 1 aliphatic rings. The number of hydrazine groups is 1. The predicted octanol–water partition coefficient (Wildman–Crippen LogP) is 2.01. The van der Waals surface area contributed by atoms with Crippen molar-refractivity contribution >= 4 is 11.3 Å². The minimum Gasteiger partial charge on any atom is -0.493 e. The van der Waals surface area contributed by atoms with E-state index in [-0.39, 0.29) is 6.04 Å². The number of nitrogens with zero attached hydrogens (tertiary/aromatic N) is 2. The number of aromatic nitrogens is 2. The molecule has 1 atom stereocenters. The average Bonchev–Trinajstić information content (AvgIpc) is 3.13. The van der Waals surface area contributed by atoms with Gasteiger partial charge in [0.05, 0.1) is 13.3 Å². The van der Waals surface area contributed by atoms with Crippen LogP contribution in [0, 0.1) is 0 Å². The van der Waals surface area contributed by atoms with Gasteiger partial charge in [-0.25, -0.2) is 5.43 Å². The molecule has 1 unspecified atom stereocenters. The number of aryl methyl sites for hydroxylation is 3. The second kappa shape index (κ2) is 5.55. The highest BCUT2D eigenvalue weighted by Gasteiger charge is 2.26. The summed E-state index contributed by atoms with van der Waals surface area (Å²) in [5.41, 5.74) is 5.40. The van der Waals surface area contributed by atoms with Crippen LogP contribution in [0.15, 0.2) is 12.3 Å². The van der Waals surface area contributed by atoms with Crippen molar-refractivity contribution in [1.82, 2.24) is 15.2 Å². The van der Waals surface area contributed by atoms with E-state index >= 15 is 0 Å². The normalized spacial score (nSPS) is 15.3. The van der Waals surface area contributed by atoms with Gasteiger partial charge in [0.25, 0.3) is 0 Å². The summed E-state index contributed by atoms with van der Waals surface area (Å²) in [7, 11) is 1.67. The molecule has 3 N–H and O–H groups in total. The first kappa shape index (κ1) is 13.6. The van der Waals surface area contributed by atoms with Crippen molar-refractivity contribution in [1.29, 1.82) is 0 Å². The van der Waals surface area contributed by atoms with E-state index < -0.39 is 0 Å². The molecule has 0 aromatic carbocycles. The molecule has 6 heteroatoms. The highest BCUT2D eigenvalue weighted by molar-refractivity contribution is 7.12. The van der Waals surface area contributed by atoms with Crippen molar-refractivity contribution in [2.24, 2.45) is 5.84 Å². The van der Waals surface area contributed by atoms with Crippen LogP contribution in [0.4, 0.5) is 0 Å². The Balaban J connectivity index is 2.02. The second-order valence-corrected chi connectivity index (χ2v) is 6.13. The number of thiophene rings is 1. The molecule has 0 saturated heterocycles. The highest BCUT2D eigenvalue weighted by Crippen LogP contribution is 2.38. The summed E-state index contributed by atoms with van der Waals surface area (Å²) in [6.45, 7) is 2.86. The van der Waals surface area contributed by atoms with E-state index in [1.165, 1.54) is 34.6 Å².